The van der Waals surface area contributed by atoms with Gasteiger partial charge in [0.05, 0.1) is 0 Å². The summed E-state index contributed by atoms with van der Waals surface area (Å²) in [5, 5.41) is 4.60. The second-order valence-electron chi connectivity index (χ2n) is 17.8. The summed E-state index contributed by atoms with van der Waals surface area (Å²) in [6, 6.07) is 25.8. The highest BCUT2D eigenvalue weighted by Gasteiger charge is 2.40. The first-order valence-corrected chi connectivity index (χ1v) is 22.2. The summed E-state index contributed by atoms with van der Waals surface area (Å²) in [6.45, 7) is 5.87. The molecule has 2 heteroatoms. The van der Waals surface area contributed by atoms with Crippen LogP contribution in [0, 0.1) is 23.7 Å². The van der Waals surface area contributed by atoms with E-state index in [-0.39, 0.29) is 0 Å². The van der Waals surface area contributed by atoms with E-state index in [1.807, 2.05) is 0 Å². The Morgan fingerprint density at radius 1 is 0.500 bits per heavy atom. The molecule has 0 radical (unpaired) electrons. The number of ether oxygens (including phenoxy) is 2. The number of fused-ring (bicyclic) bond motifs is 3. The molecular weight excluding hydrogens is 729 g/mol. The molecule has 4 atom stereocenters. The molecule has 294 valence electrons. The molecule has 12 aliphatic rings. The Kier molecular flexibility index (Phi) is 9.47. The second kappa shape index (κ2) is 15.4. The van der Waals surface area contributed by atoms with Crippen molar-refractivity contribution in [3.63, 3.8) is 0 Å². The minimum atomic E-state index is 0.364. The quantitative estimate of drug-likeness (QED) is 0.131. The molecule has 4 unspecified atom stereocenters. The van der Waals surface area contributed by atoms with Gasteiger partial charge < -0.3 is 9.47 Å². The van der Waals surface area contributed by atoms with Gasteiger partial charge in [0, 0.05) is 45.3 Å². The largest absolute Gasteiger partial charge is 0.489 e. The lowest BCUT2D eigenvalue weighted by Gasteiger charge is -2.44. The minimum absolute atomic E-state index is 0.364. The number of benzene rings is 4. The van der Waals surface area contributed by atoms with Crippen LogP contribution >= 0.6 is 0 Å². The van der Waals surface area contributed by atoms with E-state index in [9.17, 15) is 0 Å². The highest BCUT2D eigenvalue weighted by atomic mass is 16.5. The van der Waals surface area contributed by atoms with Gasteiger partial charge in [-0.1, -0.05) is 138 Å². The van der Waals surface area contributed by atoms with Crippen LogP contribution in [0.15, 0.2) is 200 Å². The molecule has 2 nitrogen and oxygen atoms in total. The first-order valence-electron chi connectivity index (χ1n) is 22.2. The van der Waals surface area contributed by atoms with Gasteiger partial charge in [-0.15, -0.1) is 0 Å². The normalized spacial score (nSPS) is 24.5. The van der Waals surface area contributed by atoms with E-state index in [1.54, 1.807) is 16.7 Å². The molecule has 0 amide bonds. The summed E-state index contributed by atoms with van der Waals surface area (Å²) < 4.78 is 13.7. The van der Waals surface area contributed by atoms with Crippen molar-refractivity contribution in [2.45, 2.75) is 65.2 Å². The summed E-state index contributed by atoms with van der Waals surface area (Å²) in [5.41, 5.74) is 29.8. The lowest BCUT2D eigenvalue weighted by atomic mass is 9.60. The van der Waals surface area contributed by atoms with Crippen molar-refractivity contribution in [3.8, 4) is 22.6 Å². The molecule has 60 heavy (non-hydrogen) atoms. The smallest absolute Gasteiger partial charge is 0.128 e. The molecule has 8 bridgehead atoms. The zero-order chi connectivity index (χ0) is 40.2. The Morgan fingerprint density at radius 2 is 1.12 bits per heavy atom. The van der Waals surface area contributed by atoms with Crippen molar-refractivity contribution in [3.05, 3.63) is 200 Å². The van der Waals surface area contributed by atoms with Gasteiger partial charge in [-0.3, -0.25) is 0 Å². The zero-order valence-electron chi connectivity index (χ0n) is 34.7. The summed E-state index contributed by atoms with van der Waals surface area (Å²) in [6.07, 6.45) is 27.7. The SMILES string of the molecule is CC1CCC2C3=C=C=C(C=C3)C3=C=C=C(C=C3)COc3ccc4ccccc4c3-c3c(ccc4ccccc34)OCC3=CC=C(CC3)C3=CC=C(CC3)C3CCC(C)C1=C23. The third-order valence-electron chi connectivity index (χ3n) is 14.3. The summed E-state index contributed by atoms with van der Waals surface area (Å²) in [4.78, 5) is 0. The molecule has 0 saturated heterocycles. The molecule has 0 spiro atoms. The number of allylic oxidation sites excluding steroid dienone is 15. The molecule has 0 aromatic heterocycles. The zero-order valence-corrected chi connectivity index (χ0v) is 34.7. The lowest BCUT2D eigenvalue weighted by Crippen LogP contribution is -2.32. The Bertz CT molecular complexity index is 2950. The maximum Gasteiger partial charge on any atom is 0.128 e. The molecule has 0 saturated carbocycles. The molecule has 6 aliphatic heterocycles. The van der Waals surface area contributed by atoms with E-state index < -0.39 is 0 Å². The lowest BCUT2D eigenvalue weighted by molar-refractivity contribution is 0.337. The highest BCUT2D eigenvalue weighted by Crippen LogP contribution is 2.53. The van der Waals surface area contributed by atoms with Gasteiger partial charge in [-0.2, -0.15) is 0 Å². The van der Waals surface area contributed by atoms with E-state index >= 15 is 0 Å². The molecule has 0 fully saturated rings. The topological polar surface area (TPSA) is 18.5 Å². The van der Waals surface area contributed by atoms with Crippen molar-refractivity contribution in [1.29, 1.82) is 0 Å². The number of hydrogen-bond donors (Lipinski definition) is 0. The third kappa shape index (κ3) is 6.64. The third-order valence-corrected chi connectivity index (χ3v) is 14.3. The van der Waals surface area contributed by atoms with Crippen molar-refractivity contribution in [2.75, 3.05) is 13.2 Å². The molecule has 4 aromatic rings. The van der Waals surface area contributed by atoms with Crippen LogP contribution in [0.4, 0.5) is 0 Å². The fourth-order valence-electron chi connectivity index (χ4n) is 11.1. The van der Waals surface area contributed by atoms with Gasteiger partial charge in [-0.05, 0) is 138 Å². The standard InChI is InChI=1S/C58H50O2/c1-37-11-31-51-47-25-21-43(22-26-47)41-17-13-39(14-18-41)35-59-53-33-29-45-7-3-5-9-49(45)57(53)58-50-10-6-4-8-46(50)30-34-54(58)60-36-40-15-19-42(20-16-40)44-23-27-48(28-24-44)52-32-12-38(2)55(37)56(51)52/h3-10,13,15,17,19,21,23,25,27,29-30,33-34,37-38,51-52H,11-12,14,18,22,26,31-32,35-36H2,1-2H3. The van der Waals surface area contributed by atoms with Crippen molar-refractivity contribution < 1.29 is 9.47 Å². The van der Waals surface area contributed by atoms with E-state index in [0.717, 1.165) is 81.2 Å². The van der Waals surface area contributed by atoms with Gasteiger partial charge in [0.15, 0.2) is 0 Å². The maximum atomic E-state index is 6.89. The second-order valence-corrected chi connectivity index (χ2v) is 17.8. The predicted molar refractivity (Wildman–Crippen MR) is 246 cm³/mol. The molecule has 6 aliphatic carbocycles. The molecule has 4 aromatic carbocycles. The van der Waals surface area contributed by atoms with Crippen LogP contribution < -0.4 is 9.47 Å². The van der Waals surface area contributed by atoms with Gasteiger partial charge in [0.2, 0.25) is 0 Å². The monoisotopic (exact) mass is 778 g/mol. The Morgan fingerprint density at radius 3 is 1.72 bits per heavy atom. The Labute approximate surface area is 354 Å². The Hall–Kier alpha value is -6.22. The van der Waals surface area contributed by atoms with E-state index in [0.29, 0.717) is 36.9 Å². The predicted octanol–water partition coefficient (Wildman–Crippen LogP) is 14.5. The average molecular weight is 779 g/mol. The van der Waals surface area contributed by atoms with E-state index in [2.05, 4.69) is 158 Å². The fourth-order valence-corrected chi connectivity index (χ4v) is 11.1. The number of rotatable bonds is 0. The minimum Gasteiger partial charge on any atom is -0.489 e. The molecule has 0 N–H and O–H groups in total. The van der Waals surface area contributed by atoms with Crippen LogP contribution in [0.25, 0.3) is 32.7 Å². The van der Waals surface area contributed by atoms with Crippen molar-refractivity contribution in [2.24, 2.45) is 23.7 Å². The first kappa shape index (κ1) is 36.8. The first-order chi connectivity index (χ1) is 29.6. The van der Waals surface area contributed by atoms with Crippen LogP contribution in [0.2, 0.25) is 0 Å². The van der Waals surface area contributed by atoms with E-state index in [1.165, 1.54) is 53.4 Å². The highest BCUT2D eigenvalue weighted by molar-refractivity contribution is 6.09. The summed E-state index contributed by atoms with van der Waals surface area (Å²) >= 11 is 0. The van der Waals surface area contributed by atoms with E-state index in [4.69, 9.17) is 9.47 Å². The maximum absolute atomic E-state index is 6.89. The number of hydrogen-bond acceptors (Lipinski definition) is 2. The molecular formula is C58H50O2. The van der Waals surface area contributed by atoms with Gasteiger partial charge in [0.1, 0.15) is 24.7 Å². The molecule has 16 rings (SSSR count). The summed E-state index contributed by atoms with van der Waals surface area (Å²) in [7, 11) is 0. The van der Waals surface area contributed by atoms with Gasteiger partial charge in [-0.25, -0.2) is 0 Å². The van der Waals surface area contributed by atoms with Gasteiger partial charge >= 0.3 is 0 Å². The Balaban J connectivity index is 1.05. The van der Waals surface area contributed by atoms with Crippen LogP contribution in [0.1, 0.15) is 65.2 Å². The van der Waals surface area contributed by atoms with Crippen LogP contribution in [-0.2, 0) is 0 Å². The van der Waals surface area contributed by atoms with Crippen LogP contribution in [0.5, 0.6) is 11.5 Å². The molecule has 6 heterocycles. The van der Waals surface area contributed by atoms with Crippen LogP contribution in [-0.4, -0.2) is 13.2 Å². The summed E-state index contributed by atoms with van der Waals surface area (Å²) in [5.74, 6) is 3.88. The average Bonchev–Trinajstić information content (AvgIpc) is 3.30. The fraction of sp³-hybridized carbons (Fsp3) is 0.276. The van der Waals surface area contributed by atoms with Gasteiger partial charge in [0.25, 0.3) is 0 Å². The van der Waals surface area contributed by atoms with Crippen molar-refractivity contribution >= 4 is 21.5 Å². The van der Waals surface area contributed by atoms with Crippen molar-refractivity contribution in [1.82, 2.24) is 0 Å². The van der Waals surface area contributed by atoms with Crippen LogP contribution in [0.3, 0.4) is 0 Å².